The van der Waals surface area contributed by atoms with Crippen LogP contribution in [0, 0.1) is 0 Å². The zero-order valence-corrected chi connectivity index (χ0v) is 13.3. The van der Waals surface area contributed by atoms with E-state index in [1.807, 2.05) is 12.1 Å². The fourth-order valence-electron chi connectivity index (χ4n) is 3.27. The van der Waals surface area contributed by atoms with Crippen molar-refractivity contribution in [3.05, 3.63) is 23.8 Å². The fourth-order valence-corrected chi connectivity index (χ4v) is 3.27. The van der Waals surface area contributed by atoms with E-state index < -0.39 is 0 Å². The van der Waals surface area contributed by atoms with Crippen molar-refractivity contribution in [2.75, 3.05) is 19.6 Å². The zero-order chi connectivity index (χ0) is 15.7. The Balaban J connectivity index is 1.62. The fraction of sp³-hybridized carbons (Fsp3) is 0.588. The van der Waals surface area contributed by atoms with Crippen molar-refractivity contribution in [2.45, 2.75) is 44.8 Å². The number of benzene rings is 1. The summed E-state index contributed by atoms with van der Waals surface area (Å²) in [7, 11) is 0. The normalized spacial score (nSPS) is 21.2. The second kappa shape index (κ2) is 5.80. The largest absolute Gasteiger partial charge is 0.486 e. The lowest BCUT2D eigenvalue weighted by atomic mass is 10.0. The van der Waals surface area contributed by atoms with Gasteiger partial charge in [0.05, 0.1) is 6.54 Å². The Morgan fingerprint density at radius 2 is 2.14 bits per heavy atom. The van der Waals surface area contributed by atoms with Crippen molar-refractivity contribution in [3.8, 4) is 11.5 Å². The minimum Gasteiger partial charge on any atom is -0.486 e. The number of nitrogens with zero attached hydrogens (tertiary/aromatic N) is 1. The van der Waals surface area contributed by atoms with E-state index in [1.165, 1.54) is 5.56 Å². The number of piperidine rings is 1. The highest BCUT2D eigenvalue weighted by molar-refractivity contribution is 5.75. The van der Waals surface area contributed by atoms with Crippen LogP contribution in [0.4, 0.5) is 0 Å². The molecule has 22 heavy (non-hydrogen) atoms. The van der Waals surface area contributed by atoms with Crippen LogP contribution in [-0.4, -0.2) is 42.1 Å². The summed E-state index contributed by atoms with van der Waals surface area (Å²) in [4.78, 5) is 13.0. The van der Waals surface area contributed by atoms with Gasteiger partial charge in [0.1, 0.15) is 11.7 Å². The molecule has 2 aliphatic rings. The van der Waals surface area contributed by atoms with Crippen molar-refractivity contribution < 1.29 is 14.3 Å². The maximum absolute atomic E-state index is 11.0. The van der Waals surface area contributed by atoms with Gasteiger partial charge in [0.15, 0.2) is 11.5 Å². The molecule has 5 nitrogen and oxygen atoms in total. The summed E-state index contributed by atoms with van der Waals surface area (Å²) in [6, 6.07) is 6.11. The van der Waals surface area contributed by atoms with Gasteiger partial charge in [0.2, 0.25) is 5.91 Å². The first-order valence-corrected chi connectivity index (χ1v) is 7.91. The molecule has 0 unspecified atom stereocenters. The number of hydrogen-bond acceptors (Lipinski definition) is 4. The highest BCUT2D eigenvalue weighted by Crippen LogP contribution is 2.42. The quantitative estimate of drug-likeness (QED) is 0.920. The third-order valence-electron chi connectivity index (χ3n) is 4.26. The van der Waals surface area contributed by atoms with E-state index in [-0.39, 0.29) is 17.6 Å². The first kappa shape index (κ1) is 15.2. The second-order valence-electron chi connectivity index (χ2n) is 6.84. The lowest BCUT2D eigenvalue weighted by Crippen LogP contribution is -2.42. The molecule has 0 bridgehead atoms. The average molecular weight is 304 g/mol. The van der Waals surface area contributed by atoms with E-state index in [0.29, 0.717) is 6.54 Å². The van der Waals surface area contributed by atoms with Crippen LogP contribution in [0.25, 0.3) is 0 Å². The van der Waals surface area contributed by atoms with Crippen molar-refractivity contribution >= 4 is 5.91 Å². The van der Waals surface area contributed by atoms with E-state index >= 15 is 0 Å². The molecule has 1 amide bonds. The van der Waals surface area contributed by atoms with Crippen LogP contribution in [0.15, 0.2) is 18.2 Å². The van der Waals surface area contributed by atoms with E-state index in [4.69, 9.17) is 15.2 Å². The number of fused-ring (bicyclic) bond motifs is 1. The van der Waals surface area contributed by atoms with Gasteiger partial charge in [-0.3, -0.25) is 9.69 Å². The number of rotatable bonds is 4. The number of ether oxygens (including phenoxy) is 2. The average Bonchev–Trinajstić information content (AvgIpc) is 2.75. The molecule has 2 aliphatic heterocycles. The van der Waals surface area contributed by atoms with Crippen LogP contribution in [0.3, 0.4) is 0 Å². The molecule has 0 spiro atoms. The summed E-state index contributed by atoms with van der Waals surface area (Å²) in [5, 5.41) is 0. The number of carbonyl (C=O) groups excluding carboxylic acids is 1. The highest BCUT2D eigenvalue weighted by Gasteiger charge is 2.33. The molecule has 0 radical (unpaired) electrons. The van der Waals surface area contributed by atoms with E-state index in [0.717, 1.165) is 43.9 Å². The smallest absolute Gasteiger partial charge is 0.231 e. The first-order chi connectivity index (χ1) is 10.4. The van der Waals surface area contributed by atoms with Gasteiger partial charge >= 0.3 is 0 Å². The number of primary amides is 1. The molecule has 5 heteroatoms. The van der Waals surface area contributed by atoms with Crippen molar-refractivity contribution in [1.29, 1.82) is 0 Å². The lowest BCUT2D eigenvalue weighted by Gasteiger charge is -2.31. The molecule has 0 aliphatic carbocycles. The van der Waals surface area contributed by atoms with E-state index in [9.17, 15) is 4.79 Å². The minimum atomic E-state index is -0.268. The predicted molar refractivity (Wildman–Crippen MR) is 84.1 cm³/mol. The van der Waals surface area contributed by atoms with Gasteiger partial charge in [-0.1, -0.05) is 12.1 Å². The van der Waals surface area contributed by atoms with Crippen LogP contribution in [0.5, 0.6) is 11.5 Å². The Bertz CT molecular complexity index is 563. The Morgan fingerprint density at radius 1 is 1.41 bits per heavy atom. The summed E-state index contributed by atoms with van der Waals surface area (Å²) in [5.41, 5.74) is 6.30. The topological polar surface area (TPSA) is 64.8 Å². The van der Waals surface area contributed by atoms with E-state index in [1.54, 1.807) is 0 Å². The van der Waals surface area contributed by atoms with Crippen molar-refractivity contribution in [3.63, 3.8) is 0 Å². The van der Waals surface area contributed by atoms with Gasteiger partial charge in [-0.2, -0.15) is 0 Å². The number of amides is 1. The lowest BCUT2D eigenvalue weighted by molar-refractivity contribution is -0.119. The van der Waals surface area contributed by atoms with Crippen molar-refractivity contribution in [2.24, 2.45) is 5.73 Å². The summed E-state index contributed by atoms with van der Waals surface area (Å²) >= 11 is 0. The Kier molecular flexibility index (Phi) is 4.00. The van der Waals surface area contributed by atoms with E-state index in [2.05, 4.69) is 24.8 Å². The molecule has 0 aromatic heterocycles. The van der Waals surface area contributed by atoms with Gasteiger partial charge < -0.3 is 15.2 Å². The van der Waals surface area contributed by atoms with Gasteiger partial charge in [-0.25, -0.2) is 0 Å². The molecule has 1 aromatic carbocycles. The standard InChI is InChI=1S/C17H24N2O3/c1-17(2)10-12-4-3-5-14(16(12)22-17)21-13-6-8-19(9-7-13)11-15(18)20/h3-5,13H,6-11H2,1-2H3,(H2,18,20). The molecule has 0 atom stereocenters. The molecule has 3 rings (SSSR count). The number of carbonyl (C=O) groups is 1. The Hall–Kier alpha value is -1.75. The third-order valence-corrected chi connectivity index (χ3v) is 4.26. The van der Waals surface area contributed by atoms with Gasteiger partial charge in [-0.15, -0.1) is 0 Å². The molecule has 2 N–H and O–H groups in total. The SMILES string of the molecule is CC1(C)Cc2cccc(OC3CCN(CC(N)=O)CC3)c2O1. The van der Waals surface area contributed by atoms with Crippen LogP contribution < -0.4 is 15.2 Å². The minimum absolute atomic E-state index is 0.160. The molecular formula is C17H24N2O3. The summed E-state index contributed by atoms with van der Waals surface area (Å²) in [6.45, 7) is 6.22. The maximum Gasteiger partial charge on any atom is 0.231 e. The maximum atomic E-state index is 11.0. The van der Waals surface area contributed by atoms with Crippen molar-refractivity contribution in [1.82, 2.24) is 4.90 Å². The molecule has 0 saturated carbocycles. The highest BCUT2D eigenvalue weighted by atomic mass is 16.5. The van der Waals surface area contributed by atoms with Crippen LogP contribution >= 0.6 is 0 Å². The second-order valence-corrected chi connectivity index (χ2v) is 6.84. The molecular weight excluding hydrogens is 280 g/mol. The summed E-state index contributed by atoms with van der Waals surface area (Å²) in [5.74, 6) is 1.47. The molecule has 1 fully saturated rings. The Morgan fingerprint density at radius 3 is 2.82 bits per heavy atom. The third kappa shape index (κ3) is 3.35. The summed E-state index contributed by atoms with van der Waals surface area (Å²) in [6.07, 6.45) is 2.89. The number of para-hydroxylation sites is 1. The zero-order valence-electron chi connectivity index (χ0n) is 13.3. The van der Waals surface area contributed by atoms with Gasteiger partial charge in [-0.05, 0) is 32.8 Å². The predicted octanol–water partition coefficient (Wildman–Crippen LogP) is 1.73. The molecule has 1 aromatic rings. The number of likely N-dealkylation sites (tertiary alicyclic amines) is 1. The number of hydrogen-bond donors (Lipinski definition) is 1. The van der Waals surface area contributed by atoms with Gasteiger partial charge in [0.25, 0.3) is 0 Å². The molecule has 120 valence electrons. The molecule has 2 heterocycles. The monoisotopic (exact) mass is 304 g/mol. The summed E-state index contributed by atoms with van der Waals surface area (Å²) < 4.78 is 12.2. The molecule has 1 saturated heterocycles. The Labute approximate surface area is 131 Å². The number of nitrogens with two attached hydrogens (primary N) is 1. The van der Waals surface area contributed by atoms with Crippen LogP contribution in [0.1, 0.15) is 32.3 Å². The van der Waals surface area contributed by atoms with Gasteiger partial charge in [0, 0.05) is 25.1 Å². The van der Waals surface area contributed by atoms with Crippen LogP contribution in [-0.2, 0) is 11.2 Å². The first-order valence-electron chi connectivity index (χ1n) is 7.91. The van der Waals surface area contributed by atoms with Crippen LogP contribution in [0.2, 0.25) is 0 Å².